The highest BCUT2D eigenvalue weighted by Gasteiger charge is 2.08. The van der Waals surface area contributed by atoms with Gasteiger partial charge in [-0.3, -0.25) is 16.1 Å². The van der Waals surface area contributed by atoms with Gasteiger partial charge in [-0.05, 0) is 48.9 Å². The SMILES string of the molecule is Cc1ccnc(Nc2cccc(-c3ccc(C(=N)NO)s3)n2)c1. The highest BCUT2D eigenvalue weighted by atomic mass is 32.1. The number of aromatic nitrogens is 2. The Bertz CT molecular complexity index is 846. The number of pyridine rings is 2. The summed E-state index contributed by atoms with van der Waals surface area (Å²) in [5.41, 5.74) is 3.77. The lowest BCUT2D eigenvalue weighted by molar-refractivity contribution is 0.234. The van der Waals surface area contributed by atoms with Crippen molar-refractivity contribution >= 4 is 28.8 Å². The number of rotatable bonds is 4. The summed E-state index contributed by atoms with van der Waals surface area (Å²) in [6, 6.07) is 13.2. The molecule has 3 heterocycles. The van der Waals surface area contributed by atoms with Crippen molar-refractivity contribution in [2.45, 2.75) is 6.92 Å². The Morgan fingerprint density at radius 3 is 2.83 bits per heavy atom. The Hall–Kier alpha value is -2.77. The molecular formula is C16H15N5OS. The van der Waals surface area contributed by atoms with Crippen molar-refractivity contribution in [1.29, 1.82) is 5.41 Å². The van der Waals surface area contributed by atoms with Crippen LogP contribution >= 0.6 is 11.3 Å². The van der Waals surface area contributed by atoms with Crippen LogP contribution in [-0.4, -0.2) is 21.0 Å². The third kappa shape index (κ3) is 3.53. The molecule has 0 unspecified atom stereocenters. The molecule has 3 aromatic rings. The molecular weight excluding hydrogens is 310 g/mol. The van der Waals surface area contributed by atoms with Crippen LogP contribution in [0.5, 0.6) is 0 Å². The zero-order chi connectivity index (χ0) is 16.2. The van der Waals surface area contributed by atoms with Gasteiger partial charge in [0.15, 0.2) is 5.84 Å². The van der Waals surface area contributed by atoms with Crippen molar-refractivity contribution in [2.75, 3.05) is 5.32 Å². The largest absolute Gasteiger partial charge is 0.325 e. The van der Waals surface area contributed by atoms with Gasteiger partial charge in [-0.1, -0.05) is 6.07 Å². The van der Waals surface area contributed by atoms with E-state index in [4.69, 9.17) is 10.6 Å². The van der Waals surface area contributed by atoms with Gasteiger partial charge in [0.25, 0.3) is 0 Å². The molecule has 6 nitrogen and oxygen atoms in total. The molecule has 0 aliphatic rings. The van der Waals surface area contributed by atoms with E-state index in [2.05, 4.69) is 15.3 Å². The number of thiophene rings is 1. The predicted molar refractivity (Wildman–Crippen MR) is 91.6 cm³/mol. The van der Waals surface area contributed by atoms with E-state index in [1.807, 2.05) is 48.8 Å². The van der Waals surface area contributed by atoms with Crippen molar-refractivity contribution in [2.24, 2.45) is 0 Å². The number of nitrogens with one attached hydrogen (secondary N) is 3. The van der Waals surface area contributed by atoms with E-state index in [9.17, 15) is 0 Å². The van der Waals surface area contributed by atoms with Gasteiger partial charge in [-0.25, -0.2) is 9.97 Å². The van der Waals surface area contributed by atoms with Gasteiger partial charge in [-0.2, -0.15) is 0 Å². The maximum Gasteiger partial charge on any atom is 0.159 e. The number of anilines is 2. The third-order valence-corrected chi connectivity index (χ3v) is 4.26. The van der Waals surface area contributed by atoms with E-state index in [1.165, 1.54) is 11.3 Å². The molecule has 0 bridgehead atoms. The van der Waals surface area contributed by atoms with E-state index in [0.29, 0.717) is 10.7 Å². The summed E-state index contributed by atoms with van der Waals surface area (Å²) in [5, 5.41) is 19.6. The van der Waals surface area contributed by atoms with Crippen LogP contribution < -0.4 is 10.8 Å². The van der Waals surface area contributed by atoms with Crippen LogP contribution in [0.2, 0.25) is 0 Å². The van der Waals surface area contributed by atoms with E-state index in [0.717, 1.165) is 22.0 Å². The highest BCUT2D eigenvalue weighted by Crippen LogP contribution is 2.28. The Balaban J connectivity index is 1.85. The summed E-state index contributed by atoms with van der Waals surface area (Å²) < 4.78 is 0. The van der Waals surface area contributed by atoms with E-state index < -0.39 is 0 Å². The predicted octanol–water partition coefficient (Wildman–Crippen LogP) is 3.56. The summed E-state index contributed by atoms with van der Waals surface area (Å²) in [6.07, 6.45) is 1.75. The molecule has 4 N–H and O–H groups in total. The molecule has 116 valence electrons. The topological polar surface area (TPSA) is 93.9 Å². The van der Waals surface area contributed by atoms with Crippen LogP contribution in [-0.2, 0) is 0 Å². The van der Waals surface area contributed by atoms with Gasteiger partial charge in [0.05, 0.1) is 15.4 Å². The van der Waals surface area contributed by atoms with Crippen LogP contribution in [0.4, 0.5) is 11.6 Å². The van der Waals surface area contributed by atoms with Crippen LogP contribution in [0.15, 0.2) is 48.7 Å². The van der Waals surface area contributed by atoms with E-state index in [1.54, 1.807) is 12.3 Å². The van der Waals surface area contributed by atoms with Crippen LogP contribution in [0.3, 0.4) is 0 Å². The molecule has 0 aliphatic carbocycles. The summed E-state index contributed by atoms with van der Waals surface area (Å²) in [5.74, 6) is 1.41. The zero-order valence-electron chi connectivity index (χ0n) is 12.4. The molecule has 0 amide bonds. The quantitative estimate of drug-likeness (QED) is 0.334. The van der Waals surface area contributed by atoms with Crippen molar-refractivity contribution in [3.05, 3.63) is 59.1 Å². The fourth-order valence-electron chi connectivity index (χ4n) is 2.04. The van der Waals surface area contributed by atoms with Crippen molar-refractivity contribution < 1.29 is 5.21 Å². The average Bonchev–Trinajstić information content (AvgIpc) is 3.04. The normalized spacial score (nSPS) is 10.3. The Morgan fingerprint density at radius 1 is 1.17 bits per heavy atom. The molecule has 0 atom stereocenters. The number of hydrogen-bond acceptors (Lipinski definition) is 6. The van der Waals surface area contributed by atoms with Crippen LogP contribution in [0.25, 0.3) is 10.6 Å². The molecule has 0 spiro atoms. The second kappa shape index (κ2) is 6.55. The Morgan fingerprint density at radius 2 is 2.04 bits per heavy atom. The van der Waals surface area contributed by atoms with Gasteiger partial charge in [0, 0.05) is 6.20 Å². The molecule has 3 aromatic heterocycles. The van der Waals surface area contributed by atoms with E-state index in [-0.39, 0.29) is 5.84 Å². The molecule has 0 fully saturated rings. The lowest BCUT2D eigenvalue weighted by Gasteiger charge is -2.06. The van der Waals surface area contributed by atoms with Crippen LogP contribution in [0, 0.1) is 12.3 Å². The first-order chi connectivity index (χ1) is 11.2. The second-order valence-corrected chi connectivity index (χ2v) is 5.99. The monoisotopic (exact) mass is 325 g/mol. The molecule has 0 saturated heterocycles. The number of nitrogens with zero attached hydrogens (tertiary/aromatic N) is 2. The van der Waals surface area contributed by atoms with Crippen molar-refractivity contribution in [3.63, 3.8) is 0 Å². The van der Waals surface area contributed by atoms with Gasteiger partial charge in [0.1, 0.15) is 11.6 Å². The first kappa shape index (κ1) is 15.1. The van der Waals surface area contributed by atoms with Gasteiger partial charge < -0.3 is 5.32 Å². The third-order valence-electron chi connectivity index (χ3n) is 3.14. The maximum atomic E-state index is 8.80. The summed E-state index contributed by atoms with van der Waals surface area (Å²) in [4.78, 5) is 10.4. The Labute approximate surface area is 137 Å². The smallest absolute Gasteiger partial charge is 0.159 e. The molecule has 7 heteroatoms. The molecule has 0 saturated carbocycles. The summed E-state index contributed by atoms with van der Waals surface area (Å²) >= 11 is 1.38. The number of hydroxylamine groups is 1. The van der Waals surface area contributed by atoms with Gasteiger partial charge in [0.2, 0.25) is 0 Å². The number of amidine groups is 1. The first-order valence-corrected chi connectivity index (χ1v) is 7.73. The fourth-order valence-corrected chi connectivity index (χ4v) is 2.92. The molecule has 0 radical (unpaired) electrons. The van der Waals surface area contributed by atoms with Gasteiger partial charge in [-0.15, -0.1) is 11.3 Å². The maximum absolute atomic E-state index is 8.80. The summed E-state index contributed by atoms with van der Waals surface area (Å²) in [6.45, 7) is 2.01. The molecule has 0 aromatic carbocycles. The van der Waals surface area contributed by atoms with Crippen LogP contribution in [0.1, 0.15) is 10.4 Å². The second-order valence-electron chi connectivity index (χ2n) is 4.90. The van der Waals surface area contributed by atoms with Crippen molar-refractivity contribution in [1.82, 2.24) is 15.4 Å². The molecule has 3 rings (SSSR count). The van der Waals surface area contributed by atoms with E-state index >= 15 is 0 Å². The minimum absolute atomic E-state index is 0.0282. The minimum atomic E-state index is -0.0282. The summed E-state index contributed by atoms with van der Waals surface area (Å²) in [7, 11) is 0. The average molecular weight is 325 g/mol. The lowest BCUT2D eigenvalue weighted by atomic mass is 10.3. The highest BCUT2D eigenvalue weighted by molar-refractivity contribution is 7.17. The zero-order valence-corrected chi connectivity index (χ0v) is 13.2. The standard InChI is InChI=1S/C16H15N5OS/c1-10-7-8-18-15(9-10)20-14-4-2-3-11(19-14)12-5-6-13(23-12)16(17)21-22/h2-9,22H,1H3,(H2,17,21)(H,18,19,20). The molecule has 0 aliphatic heterocycles. The fraction of sp³-hybridized carbons (Fsp3) is 0.0625. The number of hydrogen-bond donors (Lipinski definition) is 4. The minimum Gasteiger partial charge on any atom is -0.325 e. The Kier molecular flexibility index (Phi) is 4.31. The molecule has 23 heavy (non-hydrogen) atoms. The number of aryl methyl sites for hydroxylation is 1. The van der Waals surface area contributed by atoms with Gasteiger partial charge >= 0.3 is 0 Å². The lowest BCUT2D eigenvalue weighted by Crippen LogP contribution is -2.16. The van der Waals surface area contributed by atoms with Crippen molar-refractivity contribution in [3.8, 4) is 10.6 Å². The first-order valence-electron chi connectivity index (χ1n) is 6.91.